The molecule has 1 saturated heterocycles. The monoisotopic (exact) mass is 603 g/mol. The summed E-state index contributed by atoms with van der Waals surface area (Å²) in [6.45, 7) is 7.84. The Hall–Kier alpha value is -4.49. The summed E-state index contributed by atoms with van der Waals surface area (Å²) >= 11 is 0. The number of ether oxygens (including phenoxy) is 1. The zero-order chi connectivity index (χ0) is 30.7. The van der Waals surface area contributed by atoms with E-state index in [9.17, 15) is 8.42 Å². The Morgan fingerprint density at radius 2 is 1.88 bits per heavy atom. The third kappa shape index (κ3) is 6.32. The third-order valence-corrected chi connectivity index (χ3v) is 8.80. The van der Waals surface area contributed by atoms with Gasteiger partial charge in [0.2, 0.25) is 16.0 Å². The minimum absolute atomic E-state index is 0.244. The van der Waals surface area contributed by atoms with Crippen molar-refractivity contribution in [1.82, 2.24) is 19.9 Å². The van der Waals surface area contributed by atoms with Crippen LogP contribution in [0.25, 0.3) is 17.1 Å². The second-order valence-electron chi connectivity index (χ2n) is 10.4. The number of anilines is 6. The minimum Gasteiger partial charge on any atom is -0.494 e. The van der Waals surface area contributed by atoms with Crippen molar-refractivity contribution in [3.05, 3.63) is 60.6 Å². The van der Waals surface area contributed by atoms with Gasteiger partial charge in [-0.15, -0.1) is 0 Å². The molecule has 2 aromatic carbocycles. The maximum Gasteiger partial charge on any atom is 0.232 e. The number of aromatic nitrogens is 4. The molecule has 2 aromatic heterocycles. The van der Waals surface area contributed by atoms with E-state index in [0.717, 1.165) is 50.0 Å². The van der Waals surface area contributed by atoms with Crippen molar-refractivity contribution in [2.45, 2.75) is 32.2 Å². The molecular formula is C30H37N9O3S. The molecule has 1 aliphatic rings. The number of nitrogens with one attached hydrogen (secondary N) is 2. The van der Waals surface area contributed by atoms with Crippen molar-refractivity contribution in [3.8, 4) is 5.75 Å². The molecule has 0 unspecified atom stereocenters. The van der Waals surface area contributed by atoms with Gasteiger partial charge in [0, 0.05) is 62.1 Å². The molecule has 43 heavy (non-hydrogen) atoms. The lowest BCUT2D eigenvalue weighted by Gasteiger charge is -2.34. The van der Waals surface area contributed by atoms with E-state index < -0.39 is 10.0 Å². The van der Waals surface area contributed by atoms with E-state index in [0.29, 0.717) is 45.5 Å². The predicted octanol–water partition coefficient (Wildman–Crippen LogP) is 4.44. The molecule has 1 aliphatic heterocycles. The average molecular weight is 604 g/mol. The largest absolute Gasteiger partial charge is 0.494 e. The van der Waals surface area contributed by atoms with Crippen LogP contribution in [0.1, 0.15) is 30.9 Å². The van der Waals surface area contributed by atoms with Crippen LogP contribution >= 0.6 is 0 Å². The fraction of sp³-hybridized carbons (Fsp3) is 0.333. The SMILES string of the molecule is C=Cc1cnc(Nc2cc(CC)c(N3CCC(N)CC3)cc2OC)nc1Nc1ccc2nccnc2c1N(C)S(C)(=O)=O. The van der Waals surface area contributed by atoms with Gasteiger partial charge in [0.05, 0.1) is 30.3 Å². The van der Waals surface area contributed by atoms with Crippen molar-refractivity contribution >= 4 is 61.6 Å². The molecule has 0 bridgehead atoms. The van der Waals surface area contributed by atoms with Gasteiger partial charge in [-0.1, -0.05) is 19.6 Å². The fourth-order valence-corrected chi connectivity index (χ4v) is 5.67. The van der Waals surface area contributed by atoms with Crippen LogP contribution in [0.3, 0.4) is 0 Å². The van der Waals surface area contributed by atoms with Gasteiger partial charge in [-0.05, 0) is 43.0 Å². The van der Waals surface area contributed by atoms with Gasteiger partial charge in [0.25, 0.3) is 0 Å². The van der Waals surface area contributed by atoms with Crippen LogP contribution in [-0.2, 0) is 16.4 Å². The first-order chi connectivity index (χ1) is 20.6. The van der Waals surface area contributed by atoms with Crippen molar-refractivity contribution in [2.24, 2.45) is 5.73 Å². The molecule has 0 spiro atoms. The number of rotatable bonds is 10. The number of aryl methyl sites for hydroxylation is 1. The van der Waals surface area contributed by atoms with Gasteiger partial charge >= 0.3 is 0 Å². The van der Waals surface area contributed by atoms with Gasteiger partial charge in [-0.25, -0.2) is 13.4 Å². The predicted molar refractivity (Wildman–Crippen MR) is 173 cm³/mol. The Balaban J connectivity index is 1.51. The number of piperidine rings is 1. The van der Waals surface area contributed by atoms with Crippen molar-refractivity contribution in [1.29, 1.82) is 0 Å². The first-order valence-corrected chi connectivity index (χ1v) is 15.9. The molecule has 0 amide bonds. The van der Waals surface area contributed by atoms with E-state index >= 15 is 0 Å². The molecule has 5 rings (SSSR count). The molecule has 4 aromatic rings. The summed E-state index contributed by atoms with van der Waals surface area (Å²) in [4.78, 5) is 20.4. The van der Waals surface area contributed by atoms with Crippen molar-refractivity contribution in [3.63, 3.8) is 0 Å². The highest BCUT2D eigenvalue weighted by molar-refractivity contribution is 7.92. The highest BCUT2D eigenvalue weighted by atomic mass is 32.2. The van der Waals surface area contributed by atoms with Gasteiger partial charge in [-0.3, -0.25) is 14.3 Å². The van der Waals surface area contributed by atoms with Crippen LogP contribution in [0.15, 0.2) is 49.4 Å². The zero-order valence-corrected chi connectivity index (χ0v) is 25.6. The molecule has 0 radical (unpaired) electrons. The van der Waals surface area contributed by atoms with Crippen LogP contribution in [0, 0.1) is 0 Å². The van der Waals surface area contributed by atoms with Crippen LogP contribution < -0.4 is 30.3 Å². The van der Waals surface area contributed by atoms with E-state index in [-0.39, 0.29) is 6.04 Å². The lowest BCUT2D eigenvalue weighted by atomic mass is 10.0. The lowest BCUT2D eigenvalue weighted by molar-refractivity contribution is 0.416. The Morgan fingerprint density at radius 3 is 2.56 bits per heavy atom. The van der Waals surface area contributed by atoms with Crippen LogP contribution in [-0.4, -0.2) is 67.9 Å². The van der Waals surface area contributed by atoms with Crippen molar-refractivity contribution < 1.29 is 13.2 Å². The molecule has 12 nitrogen and oxygen atoms in total. The third-order valence-electron chi connectivity index (χ3n) is 7.62. The summed E-state index contributed by atoms with van der Waals surface area (Å²) in [5.41, 5.74) is 11.6. The Labute approximate surface area is 252 Å². The molecule has 226 valence electrons. The topological polar surface area (TPSA) is 151 Å². The molecular weight excluding hydrogens is 566 g/mol. The smallest absolute Gasteiger partial charge is 0.232 e. The minimum atomic E-state index is -3.62. The number of nitrogens with zero attached hydrogens (tertiary/aromatic N) is 6. The fourth-order valence-electron chi connectivity index (χ4n) is 5.15. The first kappa shape index (κ1) is 30.0. The summed E-state index contributed by atoms with van der Waals surface area (Å²) in [6.07, 6.45) is 10.2. The summed E-state index contributed by atoms with van der Waals surface area (Å²) in [5, 5.41) is 6.60. The number of hydrogen-bond donors (Lipinski definition) is 3. The number of sulfonamides is 1. The van der Waals surface area contributed by atoms with Gasteiger partial charge < -0.3 is 26.0 Å². The van der Waals surface area contributed by atoms with Gasteiger partial charge in [0.15, 0.2) is 0 Å². The Bertz CT molecular complexity index is 1760. The number of fused-ring (bicyclic) bond motifs is 1. The molecule has 0 saturated carbocycles. The molecule has 13 heteroatoms. The first-order valence-electron chi connectivity index (χ1n) is 14.1. The van der Waals surface area contributed by atoms with Crippen LogP contribution in [0.4, 0.5) is 34.5 Å². The second-order valence-corrected chi connectivity index (χ2v) is 12.4. The number of nitrogens with two attached hydrogens (primary N) is 1. The quantitative estimate of drug-likeness (QED) is 0.236. The second kappa shape index (κ2) is 12.4. The molecule has 0 atom stereocenters. The number of benzene rings is 2. The van der Waals surface area contributed by atoms with E-state index in [1.807, 2.05) is 0 Å². The zero-order valence-electron chi connectivity index (χ0n) is 24.8. The average Bonchev–Trinajstić information content (AvgIpc) is 3.00. The van der Waals surface area contributed by atoms with E-state index in [1.54, 1.807) is 37.7 Å². The van der Waals surface area contributed by atoms with Crippen LogP contribution in [0.5, 0.6) is 5.75 Å². The molecule has 4 N–H and O–H groups in total. The van der Waals surface area contributed by atoms with E-state index in [4.69, 9.17) is 15.5 Å². The number of hydrogen-bond acceptors (Lipinski definition) is 11. The highest BCUT2D eigenvalue weighted by Gasteiger charge is 2.23. The molecule has 0 aliphatic carbocycles. The lowest BCUT2D eigenvalue weighted by Crippen LogP contribution is -2.40. The molecule has 1 fully saturated rings. The van der Waals surface area contributed by atoms with E-state index in [1.165, 1.54) is 23.1 Å². The van der Waals surface area contributed by atoms with Gasteiger partial charge in [0.1, 0.15) is 22.8 Å². The number of methoxy groups -OCH3 is 1. The summed E-state index contributed by atoms with van der Waals surface area (Å²) < 4.78 is 32.1. The normalized spacial score (nSPS) is 14.0. The van der Waals surface area contributed by atoms with Crippen molar-refractivity contribution in [2.75, 3.05) is 53.3 Å². The standard InChI is InChI=1S/C30H37N9O3S/c1-6-19-16-24(26(42-4)17-25(19)39-14-10-21(31)11-15-39)36-30-34-18-20(7-2)29(37-30)35-23-9-8-22-27(33-13-12-32-22)28(23)38(3)43(5,40)41/h7-9,12-13,16-18,21H,2,6,10-11,14-15,31H2,1,3-5H3,(H2,34,35,36,37). The highest BCUT2D eigenvalue weighted by Crippen LogP contribution is 2.38. The Morgan fingerprint density at radius 1 is 1.14 bits per heavy atom. The maximum absolute atomic E-state index is 12.6. The molecule has 3 heterocycles. The summed E-state index contributed by atoms with van der Waals surface area (Å²) in [7, 11) is -0.504. The summed E-state index contributed by atoms with van der Waals surface area (Å²) in [6, 6.07) is 7.89. The Kier molecular flexibility index (Phi) is 8.64. The van der Waals surface area contributed by atoms with E-state index in [2.05, 4.69) is 56.1 Å². The summed E-state index contributed by atoms with van der Waals surface area (Å²) in [5.74, 6) is 1.41. The van der Waals surface area contributed by atoms with Crippen LogP contribution in [0.2, 0.25) is 0 Å². The van der Waals surface area contributed by atoms with Gasteiger partial charge in [-0.2, -0.15) is 4.98 Å². The maximum atomic E-state index is 12.6.